The van der Waals surface area contributed by atoms with Crippen LogP contribution in [-0.4, -0.2) is 85.5 Å². The SMILES string of the molecule is CC(=O)O[C@H]1C[C@@H]2CC[C@H]3[C@H]4C[C@H]([N+]5(C)CCCCC5)[C@@H](OC(C)=O)[C@@]4(C)CC[C@@H]3[C@@]2(C)C[C@H]1[N+]1(C)CCCCC1. The Bertz CT molecular complexity index is 1000. The summed E-state index contributed by atoms with van der Waals surface area (Å²) >= 11 is 0. The molecule has 4 saturated carbocycles. The molecule has 0 aromatic rings. The number of fused-ring (bicyclic) bond motifs is 5. The fourth-order valence-corrected chi connectivity index (χ4v) is 12.3. The van der Waals surface area contributed by atoms with Crippen molar-refractivity contribution in [1.82, 2.24) is 0 Å². The molecule has 0 spiro atoms. The number of hydrogen-bond donors (Lipinski definition) is 0. The molecule has 2 saturated heterocycles. The van der Waals surface area contributed by atoms with Gasteiger partial charge in [-0.05, 0) is 99.7 Å². The number of ether oxygens (including phenoxy) is 2. The minimum Gasteiger partial charge on any atom is -0.456 e. The number of likely N-dealkylation sites (tertiary alicyclic amines) is 2. The Morgan fingerprint density at radius 1 is 0.683 bits per heavy atom. The second-order valence-electron chi connectivity index (χ2n) is 16.7. The van der Waals surface area contributed by atoms with Gasteiger partial charge in [-0.2, -0.15) is 0 Å². The third-order valence-electron chi connectivity index (χ3n) is 14.5. The molecule has 6 rings (SSSR count). The maximum Gasteiger partial charge on any atom is 0.303 e. The Morgan fingerprint density at radius 2 is 1.27 bits per heavy atom. The zero-order valence-corrected chi connectivity index (χ0v) is 27.2. The minimum atomic E-state index is -0.0998. The first kappa shape index (κ1) is 29.9. The summed E-state index contributed by atoms with van der Waals surface area (Å²) < 4.78 is 14.7. The quantitative estimate of drug-likeness (QED) is 0.301. The van der Waals surface area contributed by atoms with Crippen LogP contribution in [0.25, 0.3) is 0 Å². The second-order valence-corrected chi connectivity index (χ2v) is 16.7. The van der Waals surface area contributed by atoms with Gasteiger partial charge in [-0.25, -0.2) is 0 Å². The largest absolute Gasteiger partial charge is 0.456 e. The minimum absolute atomic E-state index is 0.0462. The Hall–Kier alpha value is -1.14. The topological polar surface area (TPSA) is 52.6 Å². The number of nitrogens with zero attached hydrogens (tertiary/aromatic N) is 2. The van der Waals surface area contributed by atoms with Gasteiger partial charge in [0.2, 0.25) is 0 Å². The molecule has 6 nitrogen and oxygen atoms in total. The van der Waals surface area contributed by atoms with Gasteiger partial charge in [0.1, 0.15) is 12.1 Å². The lowest BCUT2D eigenvalue weighted by atomic mass is 9.44. The molecule has 0 aromatic carbocycles. The molecule has 6 aliphatic rings. The molecule has 10 atom stereocenters. The third-order valence-corrected chi connectivity index (χ3v) is 14.5. The standard InChI is InChI=1S/C35H60N2O4/c1-24(38)40-32-21-26-13-14-27-28(35(26,4)23-31(32)37(6)19-11-8-12-20-37)15-16-34(3)29(27)22-30(33(34)41-25(2)39)36(5)17-9-7-10-18-36/h26-33H,7-23H2,1-6H3/q+2/t26-,27+,28-,29+,30-,31+,32-,33+,34-,35-/m0/s1. The van der Waals surface area contributed by atoms with Crippen molar-refractivity contribution in [3.05, 3.63) is 0 Å². The average molecular weight is 573 g/mol. The van der Waals surface area contributed by atoms with Crippen LogP contribution in [0.4, 0.5) is 0 Å². The number of quaternary nitrogens is 2. The molecule has 0 N–H and O–H groups in total. The van der Waals surface area contributed by atoms with E-state index in [-0.39, 0.29) is 29.6 Å². The summed E-state index contributed by atoms with van der Waals surface area (Å²) in [5.74, 6) is 2.52. The van der Waals surface area contributed by atoms with Gasteiger partial charge in [-0.1, -0.05) is 13.8 Å². The summed E-state index contributed by atoms with van der Waals surface area (Å²) in [7, 11) is 4.94. The van der Waals surface area contributed by atoms with E-state index < -0.39 is 0 Å². The van der Waals surface area contributed by atoms with E-state index in [9.17, 15) is 9.59 Å². The molecule has 41 heavy (non-hydrogen) atoms. The highest BCUT2D eigenvalue weighted by Gasteiger charge is 2.68. The number of carbonyl (C=O) groups is 2. The van der Waals surface area contributed by atoms with Crippen LogP contribution in [0, 0.1) is 34.5 Å². The monoisotopic (exact) mass is 572 g/mol. The van der Waals surface area contributed by atoms with Crippen molar-refractivity contribution in [3.8, 4) is 0 Å². The van der Waals surface area contributed by atoms with Crippen molar-refractivity contribution in [3.63, 3.8) is 0 Å². The number of esters is 2. The molecule has 0 amide bonds. The van der Waals surface area contributed by atoms with Gasteiger partial charge in [-0.3, -0.25) is 9.59 Å². The first-order chi connectivity index (χ1) is 19.4. The lowest BCUT2D eigenvalue weighted by Crippen LogP contribution is -2.66. The Kier molecular flexibility index (Phi) is 7.87. The summed E-state index contributed by atoms with van der Waals surface area (Å²) in [4.78, 5) is 24.8. The second kappa shape index (κ2) is 10.8. The van der Waals surface area contributed by atoms with Gasteiger partial charge < -0.3 is 18.4 Å². The maximum absolute atomic E-state index is 12.5. The number of hydrogen-bond acceptors (Lipinski definition) is 4. The zero-order chi connectivity index (χ0) is 29.2. The van der Waals surface area contributed by atoms with Gasteiger partial charge in [0.25, 0.3) is 0 Å². The fraction of sp³-hybridized carbons (Fsp3) is 0.943. The molecule has 6 fully saturated rings. The van der Waals surface area contributed by atoms with Crippen LogP contribution in [0.1, 0.15) is 111 Å². The molecule has 0 bridgehead atoms. The summed E-state index contributed by atoms with van der Waals surface area (Å²) in [6.45, 7) is 13.3. The number of rotatable bonds is 4. The highest BCUT2D eigenvalue weighted by molar-refractivity contribution is 5.66. The Balaban J connectivity index is 1.31. The van der Waals surface area contributed by atoms with Gasteiger partial charge in [0, 0.05) is 32.1 Å². The van der Waals surface area contributed by atoms with E-state index >= 15 is 0 Å². The van der Waals surface area contributed by atoms with Gasteiger partial charge >= 0.3 is 11.9 Å². The van der Waals surface area contributed by atoms with Crippen LogP contribution >= 0.6 is 0 Å². The van der Waals surface area contributed by atoms with Crippen LogP contribution < -0.4 is 0 Å². The molecule has 2 aliphatic heterocycles. The predicted octanol–water partition coefficient (Wildman–Crippen LogP) is 6.11. The molecule has 232 valence electrons. The highest BCUT2D eigenvalue weighted by Crippen LogP contribution is 2.68. The first-order valence-corrected chi connectivity index (χ1v) is 17.4. The molecule has 4 aliphatic carbocycles. The van der Waals surface area contributed by atoms with Crippen LogP contribution in [0.3, 0.4) is 0 Å². The lowest BCUT2D eigenvalue weighted by molar-refractivity contribution is -0.943. The molecular formula is C35H60N2O4+2. The highest BCUT2D eigenvalue weighted by atomic mass is 16.5. The lowest BCUT2D eigenvalue weighted by Gasteiger charge is -2.63. The number of likely N-dealkylation sites (N-methyl/N-ethyl adjacent to an activating group) is 2. The third kappa shape index (κ3) is 4.99. The molecule has 6 heteroatoms. The Morgan fingerprint density at radius 3 is 1.85 bits per heavy atom. The van der Waals surface area contributed by atoms with Gasteiger partial charge in [0.05, 0.1) is 40.3 Å². The molecule has 0 unspecified atom stereocenters. The van der Waals surface area contributed by atoms with Crippen molar-refractivity contribution >= 4 is 11.9 Å². The summed E-state index contributed by atoms with van der Waals surface area (Å²) in [5, 5.41) is 0. The average Bonchev–Trinajstić information content (AvgIpc) is 3.21. The summed E-state index contributed by atoms with van der Waals surface area (Å²) in [5.41, 5.74) is 0.377. The van der Waals surface area contributed by atoms with Crippen LogP contribution in [-0.2, 0) is 19.1 Å². The predicted molar refractivity (Wildman–Crippen MR) is 161 cm³/mol. The summed E-state index contributed by atoms with van der Waals surface area (Å²) in [6.07, 6.45) is 16.4. The van der Waals surface area contributed by atoms with Crippen LogP contribution in [0.2, 0.25) is 0 Å². The van der Waals surface area contributed by atoms with Gasteiger partial charge in [0.15, 0.2) is 12.2 Å². The molecular weight excluding hydrogens is 512 g/mol. The van der Waals surface area contributed by atoms with E-state index in [0.717, 1.165) is 21.3 Å². The van der Waals surface area contributed by atoms with E-state index in [4.69, 9.17) is 9.47 Å². The molecule has 0 radical (unpaired) electrons. The van der Waals surface area contributed by atoms with Crippen molar-refractivity contribution < 1.29 is 28.0 Å². The van der Waals surface area contributed by atoms with E-state index in [0.29, 0.717) is 35.3 Å². The Labute approximate surface area is 250 Å². The van der Waals surface area contributed by atoms with E-state index in [2.05, 4.69) is 27.9 Å². The van der Waals surface area contributed by atoms with Crippen LogP contribution in [0.15, 0.2) is 0 Å². The fourth-order valence-electron chi connectivity index (χ4n) is 12.3. The normalized spacial score (nSPS) is 46.9. The number of carbonyl (C=O) groups excluding carboxylic acids is 2. The molecule has 2 heterocycles. The van der Waals surface area contributed by atoms with Crippen molar-refractivity contribution in [1.29, 1.82) is 0 Å². The zero-order valence-electron chi connectivity index (χ0n) is 27.2. The van der Waals surface area contributed by atoms with Crippen LogP contribution in [0.5, 0.6) is 0 Å². The maximum atomic E-state index is 12.5. The molecule has 0 aromatic heterocycles. The van der Waals surface area contributed by atoms with Crippen molar-refractivity contribution in [2.45, 2.75) is 135 Å². The van der Waals surface area contributed by atoms with E-state index in [1.807, 2.05) is 0 Å². The smallest absolute Gasteiger partial charge is 0.303 e. The first-order valence-electron chi connectivity index (χ1n) is 17.4. The summed E-state index contributed by atoms with van der Waals surface area (Å²) in [6, 6.07) is 0.846. The van der Waals surface area contributed by atoms with E-state index in [1.54, 1.807) is 13.8 Å². The number of piperidine rings is 2. The van der Waals surface area contributed by atoms with Crippen molar-refractivity contribution in [2.75, 3.05) is 40.3 Å². The van der Waals surface area contributed by atoms with Gasteiger partial charge in [-0.15, -0.1) is 0 Å². The van der Waals surface area contributed by atoms with Crippen molar-refractivity contribution in [2.24, 2.45) is 34.5 Å². The van der Waals surface area contributed by atoms with E-state index in [1.165, 1.54) is 103 Å².